The third kappa shape index (κ3) is 3.68. The second-order valence-electron chi connectivity index (χ2n) is 4.25. The first-order valence-corrected chi connectivity index (χ1v) is 7.97. The highest BCUT2D eigenvalue weighted by Crippen LogP contribution is 2.19. The lowest BCUT2D eigenvalue weighted by atomic mass is 10.2. The third-order valence-corrected chi connectivity index (χ3v) is 3.97. The molecule has 0 atom stereocenters. The van der Waals surface area contributed by atoms with Crippen LogP contribution in [0.5, 0.6) is 0 Å². The van der Waals surface area contributed by atoms with Gasteiger partial charge in [-0.2, -0.15) is 0 Å². The lowest BCUT2D eigenvalue weighted by Gasteiger charge is -2.08. The molecule has 2 aromatic rings. The zero-order valence-electron chi connectivity index (χ0n) is 10.6. The SMILES string of the molecule is CS(=O)(=O)c1ccc(NCc2ccc(F)cc2Cl)cn1. The molecule has 0 aliphatic carbocycles. The molecule has 0 aliphatic rings. The maximum Gasteiger partial charge on any atom is 0.192 e. The van der Waals surface area contributed by atoms with Crippen LogP contribution in [0.25, 0.3) is 0 Å². The molecule has 0 amide bonds. The van der Waals surface area contributed by atoms with Crippen LogP contribution < -0.4 is 5.32 Å². The molecule has 0 saturated heterocycles. The van der Waals surface area contributed by atoms with E-state index < -0.39 is 15.7 Å². The van der Waals surface area contributed by atoms with Crippen molar-refractivity contribution in [3.05, 3.63) is 52.9 Å². The number of hydrogen-bond donors (Lipinski definition) is 1. The van der Waals surface area contributed by atoms with Crippen molar-refractivity contribution < 1.29 is 12.8 Å². The summed E-state index contributed by atoms with van der Waals surface area (Å²) in [6, 6.07) is 7.19. The van der Waals surface area contributed by atoms with E-state index in [-0.39, 0.29) is 5.03 Å². The molecule has 0 fully saturated rings. The Kier molecular flexibility index (Phi) is 4.25. The van der Waals surface area contributed by atoms with Crippen molar-refractivity contribution in [2.45, 2.75) is 11.6 Å². The second kappa shape index (κ2) is 5.76. The highest BCUT2D eigenvalue weighted by Gasteiger charge is 2.08. The number of aromatic nitrogens is 1. The number of pyridine rings is 1. The van der Waals surface area contributed by atoms with Crippen molar-refractivity contribution in [3.63, 3.8) is 0 Å². The fourth-order valence-corrected chi connectivity index (χ4v) is 2.36. The zero-order valence-corrected chi connectivity index (χ0v) is 12.2. The first-order chi connectivity index (χ1) is 9.36. The molecule has 1 aromatic carbocycles. The Hall–Kier alpha value is -1.66. The van der Waals surface area contributed by atoms with E-state index in [0.717, 1.165) is 11.8 Å². The van der Waals surface area contributed by atoms with Crippen LogP contribution in [0.4, 0.5) is 10.1 Å². The molecule has 1 N–H and O–H groups in total. The smallest absolute Gasteiger partial charge is 0.192 e. The largest absolute Gasteiger partial charge is 0.380 e. The van der Waals surface area contributed by atoms with Gasteiger partial charge in [0.1, 0.15) is 5.82 Å². The highest BCUT2D eigenvalue weighted by atomic mass is 35.5. The van der Waals surface area contributed by atoms with Gasteiger partial charge in [-0.1, -0.05) is 17.7 Å². The lowest BCUT2D eigenvalue weighted by Crippen LogP contribution is -2.03. The van der Waals surface area contributed by atoms with Crippen LogP contribution >= 0.6 is 11.6 Å². The molecule has 0 bridgehead atoms. The molecular formula is C13H12ClFN2O2S. The van der Waals surface area contributed by atoms with Gasteiger partial charge < -0.3 is 5.32 Å². The van der Waals surface area contributed by atoms with E-state index in [1.807, 2.05) is 0 Å². The Morgan fingerprint density at radius 1 is 1.30 bits per heavy atom. The molecule has 20 heavy (non-hydrogen) atoms. The number of halogens is 2. The maximum absolute atomic E-state index is 12.9. The summed E-state index contributed by atoms with van der Waals surface area (Å²) in [4.78, 5) is 3.86. The molecule has 0 aliphatic heterocycles. The van der Waals surface area contributed by atoms with Crippen molar-refractivity contribution in [2.75, 3.05) is 11.6 Å². The van der Waals surface area contributed by atoms with Crippen LogP contribution in [0, 0.1) is 5.82 Å². The molecule has 0 radical (unpaired) electrons. The van der Waals surface area contributed by atoms with Gasteiger partial charge >= 0.3 is 0 Å². The Morgan fingerprint density at radius 3 is 2.60 bits per heavy atom. The summed E-state index contributed by atoms with van der Waals surface area (Å²) in [5.41, 5.74) is 1.39. The van der Waals surface area contributed by atoms with Crippen molar-refractivity contribution in [1.29, 1.82) is 0 Å². The van der Waals surface area contributed by atoms with Crippen LogP contribution in [-0.4, -0.2) is 19.7 Å². The quantitative estimate of drug-likeness (QED) is 0.942. The number of benzene rings is 1. The van der Waals surface area contributed by atoms with Crippen LogP contribution in [-0.2, 0) is 16.4 Å². The fourth-order valence-electron chi connectivity index (χ4n) is 1.57. The summed E-state index contributed by atoms with van der Waals surface area (Å²) >= 11 is 5.91. The normalized spacial score (nSPS) is 11.3. The minimum Gasteiger partial charge on any atom is -0.380 e. The Bertz CT molecular complexity index is 718. The molecule has 0 saturated carbocycles. The topological polar surface area (TPSA) is 59.1 Å². The van der Waals surface area contributed by atoms with Gasteiger partial charge in [0.05, 0.1) is 11.9 Å². The monoisotopic (exact) mass is 314 g/mol. The Labute approximate surface area is 121 Å². The van der Waals surface area contributed by atoms with Crippen molar-refractivity contribution >= 4 is 27.1 Å². The van der Waals surface area contributed by atoms with Crippen molar-refractivity contribution in [1.82, 2.24) is 4.98 Å². The molecule has 106 valence electrons. The van der Waals surface area contributed by atoms with Gasteiger partial charge in [-0.15, -0.1) is 0 Å². The predicted octanol–water partition coefficient (Wildman–Crippen LogP) is 2.89. The van der Waals surface area contributed by atoms with E-state index >= 15 is 0 Å². The third-order valence-electron chi connectivity index (χ3n) is 2.61. The molecule has 7 heteroatoms. The van der Waals surface area contributed by atoms with Gasteiger partial charge in [-0.3, -0.25) is 0 Å². The van der Waals surface area contributed by atoms with Gasteiger partial charge in [-0.05, 0) is 29.8 Å². The summed E-state index contributed by atoms with van der Waals surface area (Å²) in [6.45, 7) is 0.388. The zero-order chi connectivity index (χ0) is 14.8. The summed E-state index contributed by atoms with van der Waals surface area (Å²) < 4.78 is 35.4. The van der Waals surface area contributed by atoms with E-state index in [9.17, 15) is 12.8 Å². The molecule has 0 unspecified atom stereocenters. The van der Waals surface area contributed by atoms with Gasteiger partial charge in [0.25, 0.3) is 0 Å². The highest BCUT2D eigenvalue weighted by molar-refractivity contribution is 7.90. The summed E-state index contributed by atoms with van der Waals surface area (Å²) in [5, 5.41) is 3.38. The maximum atomic E-state index is 12.9. The predicted molar refractivity (Wildman–Crippen MR) is 76.1 cm³/mol. The first kappa shape index (κ1) is 14.7. The van der Waals surface area contributed by atoms with Crippen molar-refractivity contribution in [3.8, 4) is 0 Å². The van der Waals surface area contributed by atoms with E-state index in [1.165, 1.54) is 24.4 Å². The second-order valence-corrected chi connectivity index (χ2v) is 6.62. The van der Waals surface area contributed by atoms with Crippen LogP contribution in [0.1, 0.15) is 5.56 Å². The number of sulfone groups is 1. The van der Waals surface area contributed by atoms with Gasteiger partial charge in [0, 0.05) is 17.8 Å². The minimum absolute atomic E-state index is 0.0165. The van der Waals surface area contributed by atoms with E-state index in [4.69, 9.17) is 11.6 Å². The summed E-state index contributed by atoms with van der Waals surface area (Å²) in [6.07, 6.45) is 2.52. The molecule has 4 nitrogen and oxygen atoms in total. The Morgan fingerprint density at radius 2 is 2.05 bits per heavy atom. The van der Waals surface area contributed by atoms with Gasteiger partial charge in [-0.25, -0.2) is 17.8 Å². The van der Waals surface area contributed by atoms with Gasteiger partial charge in [0.15, 0.2) is 14.9 Å². The number of nitrogens with zero attached hydrogens (tertiary/aromatic N) is 1. The van der Waals surface area contributed by atoms with E-state index in [0.29, 0.717) is 17.3 Å². The van der Waals surface area contributed by atoms with Crippen LogP contribution in [0.2, 0.25) is 5.02 Å². The average Bonchev–Trinajstić information content (AvgIpc) is 2.37. The summed E-state index contributed by atoms with van der Waals surface area (Å²) in [5.74, 6) is -0.391. The number of nitrogens with one attached hydrogen (secondary N) is 1. The molecular weight excluding hydrogens is 303 g/mol. The molecule has 2 rings (SSSR count). The van der Waals surface area contributed by atoms with Crippen LogP contribution in [0.15, 0.2) is 41.6 Å². The average molecular weight is 315 g/mol. The first-order valence-electron chi connectivity index (χ1n) is 5.70. The van der Waals surface area contributed by atoms with E-state index in [2.05, 4.69) is 10.3 Å². The van der Waals surface area contributed by atoms with Crippen molar-refractivity contribution in [2.24, 2.45) is 0 Å². The summed E-state index contributed by atoms with van der Waals surface area (Å²) in [7, 11) is -3.30. The fraction of sp³-hybridized carbons (Fsp3) is 0.154. The van der Waals surface area contributed by atoms with E-state index in [1.54, 1.807) is 12.1 Å². The molecule has 1 heterocycles. The molecule has 0 spiro atoms. The van der Waals surface area contributed by atoms with Gasteiger partial charge in [0.2, 0.25) is 0 Å². The number of rotatable bonds is 4. The number of hydrogen-bond acceptors (Lipinski definition) is 4. The molecule has 1 aromatic heterocycles. The minimum atomic E-state index is -3.30. The lowest BCUT2D eigenvalue weighted by molar-refractivity contribution is 0.598. The standard InChI is InChI=1S/C13H12ClFN2O2S/c1-20(18,19)13-5-4-11(8-17-13)16-7-9-2-3-10(15)6-12(9)14/h2-6,8,16H,7H2,1H3. The van der Waals surface area contributed by atoms with Crippen LogP contribution in [0.3, 0.4) is 0 Å². The number of anilines is 1. The Balaban J connectivity index is 2.08.